The van der Waals surface area contributed by atoms with E-state index in [1.807, 2.05) is 0 Å². The molecule has 0 aliphatic rings. The van der Waals surface area contributed by atoms with Gasteiger partial charge in [0.25, 0.3) is 0 Å². The van der Waals surface area contributed by atoms with Gasteiger partial charge in [-0.05, 0) is 99.4 Å². The lowest BCUT2D eigenvalue weighted by molar-refractivity contribution is 0.670. The molecule has 12 aromatic rings. The summed E-state index contributed by atoms with van der Waals surface area (Å²) in [5, 5.41) is 14.6. The highest BCUT2D eigenvalue weighted by atomic mass is 16.3. The van der Waals surface area contributed by atoms with Gasteiger partial charge < -0.3 is 4.42 Å². The number of furan rings is 1. The maximum absolute atomic E-state index is 7.08. The van der Waals surface area contributed by atoms with Crippen molar-refractivity contribution in [3.8, 4) is 44.5 Å². The minimum Gasteiger partial charge on any atom is -0.455 e. The maximum Gasteiger partial charge on any atom is 0.143 e. The van der Waals surface area contributed by atoms with E-state index in [0.29, 0.717) is 0 Å². The molecule has 0 spiro atoms. The monoisotopic (exact) mass is 722 g/mol. The van der Waals surface area contributed by atoms with Crippen LogP contribution in [0.4, 0.5) is 0 Å². The predicted molar refractivity (Wildman–Crippen MR) is 243 cm³/mol. The summed E-state index contributed by atoms with van der Waals surface area (Å²) in [6, 6.07) is 75.1. The Morgan fingerprint density at radius 1 is 0.263 bits per heavy atom. The van der Waals surface area contributed by atoms with Crippen molar-refractivity contribution < 1.29 is 4.42 Å². The highest BCUT2D eigenvalue weighted by molar-refractivity contribution is 6.28. The molecule has 0 aliphatic heterocycles. The van der Waals surface area contributed by atoms with Crippen molar-refractivity contribution in [1.82, 2.24) is 0 Å². The Bertz CT molecular complexity index is 3460. The second-order valence-corrected chi connectivity index (χ2v) is 15.1. The molecule has 57 heavy (non-hydrogen) atoms. The van der Waals surface area contributed by atoms with Gasteiger partial charge in [0.2, 0.25) is 0 Å². The summed E-state index contributed by atoms with van der Waals surface area (Å²) in [5.41, 5.74) is 11.5. The van der Waals surface area contributed by atoms with Gasteiger partial charge in [-0.25, -0.2) is 0 Å². The molecule has 0 bridgehead atoms. The standard InChI is InChI=1S/C56H34O/c1-2-17-36(18-3-1)51-39-20-6-10-24-43(39)53(44-25-11-7-21-40(44)51)47-28-15-31-50-55(47)49-30-14-29-48(56(49)57-50)54-45-26-12-8-22-41(45)52(42-23-9-13-27-46(42)54)38-33-32-35-16-4-5-19-37(35)34-38/h1-34H. The summed E-state index contributed by atoms with van der Waals surface area (Å²) in [6.07, 6.45) is 0. The van der Waals surface area contributed by atoms with Gasteiger partial charge in [-0.3, -0.25) is 0 Å². The molecule has 0 fully saturated rings. The minimum atomic E-state index is 0.886. The van der Waals surface area contributed by atoms with E-state index in [2.05, 4.69) is 206 Å². The molecule has 12 rings (SSSR count). The zero-order valence-electron chi connectivity index (χ0n) is 31.0. The van der Waals surface area contributed by atoms with Crippen molar-refractivity contribution >= 4 is 75.8 Å². The van der Waals surface area contributed by atoms with Crippen LogP contribution in [-0.2, 0) is 0 Å². The zero-order valence-corrected chi connectivity index (χ0v) is 31.0. The largest absolute Gasteiger partial charge is 0.455 e. The third-order valence-electron chi connectivity index (χ3n) is 12.0. The number of rotatable bonds is 4. The molecule has 0 atom stereocenters. The first kappa shape index (κ1) is 31.8. The minimum absolute atomic E-state index is 0.886. The molecule has 0 amide bonds. The summed E-state index contributed by atoms with van der Waals surface area (Å²) in [4.78, 5) is 0. The molecule has 0 aliphatic carbocycles. The molecule has 0 saturated heterocycles. The lowest BCUT2D eigenvalue weighted by Crippen LogP contribution is -1.91. The smallest absolute Gasteiger partial charge is 0.143 e. The fourth-order valence-electron chi connectivity index (χ4n) is 9.66. The summed E-state index contributed by atoms with van der Waals surface area (Å²) >= 11 is 0. The number of hydrogen-bond acceptors (Lipinski definition) is 1. The van der Waals surface area contributed by atoms with Crippen LogP contribution in [0.2, 0.25) is 0 Å². The third kappa shape index (κ3) is 4.76. The van der Waals surface area contributed by atoms with E-state index in [-0.39, 0.29) is 0 Å². The van der Waals surface area contributed by atoms with Crippen LogP contribution < -0.4 is 0 Å². The van der Waals surface area contributed by atoms with Crippen LogP contribution in [-0.4, -0.2) is 0 Å². The Morgan fingerprint density at radius 3 is 1.30 bits per heavy atom. The first-order chi connectivity index (χ1) is 28.3. The van der Waals surface area contributed by atoms with Gasteiger partial charge in [0.1, 0.15) is 11.2 Å². The third-order valence-corrected chi connectivity index (χ3v) is 12.0. The first-order valence-electron chi connectivity index (χ1n) is 19.7. The summed E-state index contributed by atoms with van der Waals surface area (Å²) in [6.45, 7) is 0. The Hall–Kier alpha value is -7.48. The Balaban J connectivity index is 1.16. The molecule has 1 aromatic heterocycles. The zero-order chi connectivity index (χ0) is 37.5. The molecule has 264 valence electrons. The van der Waals surface area contributed by atoms with E-state index in [4.69, 9.17) is 4.42 Å². The lowest BCUT2D eigenvalue weighted by atomic mass is 9.84. The number of benzene rings is 11. The normalized spacial score (nSPS) is 11.9. The van der Waals surface area contributed by atoms with Crippen molar-refractivity contribution in [3.05, 3.63) is 206 Å². The summed E-state index contributed by atoms with van der Waals surface area (Å²) in [5.74, 6) is 0. The van der Waals surface area contributed by atoms with Gasteiger partial charge in [-0.2, -0.15) is 0 Å². The first-order valence-corrected chi connectivity index (χ1v) is 19.7. The van der Waals surface area contributed by atoms with Crippen LogP contribution in [0.1, 0.15) is 0 Å². The van der Waals surface area contributed by atoms with Gasteiger partial charge in [-0.1, -0.05) is 194 Å². The highest BCUT2D eigenvalue weighted by Gasteiger charge is 2.23. The van der Waals surface area contributed by atoms with E-state index >= 15 is 0 Å². The van der Waals surface area contributed by atoms with Crippen molar-refractivity contribution in [3.63, 3.8) is 0 Å². The Kier molecular flexibility index (Phi) is 7.00. The molecule has 0 saturated carbocycles. The van der Waals surface area contributed by atoms with Crippen molar-refractivity contribution in [1.29, 1.82) is 0 Å². The van der Waals surface area contributed by atoms with Gasteiger partial charge >= 0.3 is 0 Å². The van der Waals surface area contributed by atoms with Crippen molar-refractivity contribution in [2.45, 2.75) is 0 Å². The second-order valence-electron chi connectivity index (χ2n) is 15.1. The van der Waals surface area contributed by atoms with Crippen molar-refractivity contribution in [2.24, 2.45) is 0 Å². The molecule has 1 heterocycles. The maximum atomic E-state index is 7.08. The molecule has 11 aromatic carbocycles. The number of hydrogen-bond donors (Lipinski definition) is 0. The molecule has 0 N–H and O–H groups in total. The second kappa shape index (κ2) is 12.5. The van der Waals surface area contributed by atoms with E-state index in [1.54, 1.807) is 0 Å². The number of para-hydroxylation sites is 1. The van der Waals surface area contributed by atoms with Crippen molar-refractivity contribution in [2.75, 3.05) is 0 Å². The lowest BCUT2D eigenvalue weighted by Gasteiger charge is -2.18. The van der Waals surface area contributed by atoms with E-state index in [9.17, 15) is 0 Å². The van der Waals surface area contributed by atoms with Gasteiger partial charge in [-0.15, -0.1) is 0 Å². The molecular weight excluding hydrogens is 689 g/mol. The average Bonchev–Trinajstić information content (AvgIpc) is 3.67. The Labute approximate surface area is 329 Å². The Morgan fingerprint density at radius 2 is 0.702 bits per heavy atom. The van der Waals surface area contributed by atoms with Gasteiger partial charge in [0.05, 0.1) is 0 Å². The predicted octanol–water partition coefficient (Wildman–Crippen LogP) is 16.0. The number of fused-ring (bicyclic) bond motifs is 8. The fourth-order valence-corrected chi connectivity index (χ4v) is 9.66. The van der Waals surface area contributed by atoms with Crippen LogP contribution in [0.15, 0.2) is 211 Å². The molecular formula is C56H34O. The van der Waals surface area contributed by atoms with E-state index in [0.717, 1.165) is 27.5 Å². The van der Waals surface area contributed by atoms with Gasteiger partial charge in [0.15, 0.2) is 0 Å². The molecule has 1 heteroatoms. The van der Waals surface area contributed by atoms with Crippen LogP contribution in [0.3, 0.4) is 0 Å². The summed E-state index contributed by atoms with van der Waals surface area (Å²) in [7, 11) is 0. The van der Waals surface area contributed by atoms with E-state index in [1.165, 1.54) is 92.8 Å². The molecule has 0 unspecified atom stereocenters. The van der Waals surface area contributed by atoms with Crippen LogP contribution in [0, 0.1) is 0 Å². The average molecular weight is 723 g/mol. The quantitative estimate of drug-likeness (QED) is 0.165. The van der Waals surface area contributed by atoms with Crippen LogP contribution >= 0.6 is 0 Å². The molecule has 0 radical (unpaired) electrons. The SMILES string of the molecule is c1ccc(-c2c3ccccc3c(-c3cccc4oc5c(-c6c7ccccc7c(-c7ccc8ccccc8c7)c7ccccc67)cccc5c34)c3ccccc23)cc1. The fraction of sp³-hybridized carbons (Fsp3) is 0. The topological polar surface area (TPSA) is 13.1 Å². The van der Waals surface area contributed by atoms with E-state index < -0.39 is 0 Å². The van der Waals surface area contributed by atoms with Gasteiger partial charge in [0, 0.05) is 21.9 Å². The molecule has 1 nitrogen and oxygen atoms in total. The van der Waals surface area contributed by atoms with Crippen LogP contribution in [0.25, 0.3) is 120 Å². The highest BCUT2D eigenvalue weighted by Crippen LogP contribution is 2.50. The van der Waals surface area contributed by atoms with Crippen LogP contribution in [0.5, 0.6) is 0 Å². The summed E-state index contributed by atoms with van der Waals surface area (Å²) < 4.78 is 7.08.